The van der Waals surface area contributed by atoms with E-state index >= 15 is 0 Å². The summed E-state index contributed by atoms with van der Waals surface area (Å²) >= 11 is 0. The van der Waals surface area contributed by atoms with Crippen molar-refractivity contribution in [3.05, 3.63) is 101 Å². The van der Waals surface area contributed by atoms with Gasteiger partial charge in [-0.3, -0.25) is 9.78 Å². The van der Waals surface area contributed by atoms with Gasteiger partial charge in [0, 0.05) is 28.1 Å². The van der Waals surface area contributed by atoms with E-state index < -0.39 is 0 Å². The Bertz CT molecular complexity index is 1620. The third-order valence-corrected chi connectivity index (χ3v) is 7.25. The van der Waals surface area contributed by atoms with Crippen LogP contribution < -0.4 is 0 Å². The summed E-state index contributed by atoms with van der Waals surface area (Å²) in [5.74, 6) is 0.108. The number of rotatable bonds is 2. The van der Waals surface area contributed by atoms with Gasteiger partial charge < -0.3 is 0 Å². The Balaban J connectivity index is 1.63. The minimum absolute atomic E-state index is 0.108. The number of Topliss-reactive ketones (excluding diaryl/α,β-unsaturated/α-hetero) is 1. The Morgan fingerprint density at radius 1 is 0.788 bits per heavy atom. The van der Waals surface area contributed by atoms with Crippen LogP contribution in [-0.2, 0) is 5.41 Å². The first kappa shape index (κ1) is 19.9. The predicted molar refractivity (Wildman–Crippen MR) is 137 cm³/mol. The van der Waals surface area contributed by atoms with E-state index in [9.17, 15) is 4.79 Å². The van der Waals surface area contributed by atoms with E-state index in [1.807, 2.05) is 12.3 Å². The molecule has 1 aromatic heterocycles. The summed E-state index contributed by atoms with van der Waals surface area (Å²) in [5.41, 5.74) is 9.06. The van der Waals surface area contributed by atoms with Crippen molar-refractivity contribution >= 4 is 27.3 Å². The van der Waals surface area contributed by atoms with E-state index in [4.69, 9.17) is 4.98 Å². The number of aromatic nitrogens is 1. The largest absolute Gasteiger partial charge is 0.295 e. The lowest BCUT2D eigenvalue weighted by molar-refractivity contribution is 0.101. The molecule has 1 heterocycles. The van der Waals surface area contributed by atoms with Gasteiger partial charge in [0.15, 0.2) is 5.78 Å². The zero-order chi connectivity index (χ0) is 22.9. The van der Waals surface area contributed by atoms with E-state index in [1.165, 1.54) is 49.4 Å². The number of carbonyl (C=O) groups is 1. The number of hydrogen-bond acceptors (Lipinski definition) is 2. The fourth-order valence-electron chi connectivity index (χ4n) is 5.64. The first-order valence-corrected chi connectivity index (χ1v) is 11.4. The maximum absolute atomic E-state index is 12.1. The second-order valence-corrected chi connectivity index (χ2v) is 9.71. The summed E-state index contributed by atoms with van der Waals surface area (Å²) in [4.78, 5) is 16.8. The molecule has 0 radical (unpaired) electrons. The molecule has 160 valence electrons. The zero-order valence-electron chi connectivity index (χ0n) is 19.4. The Hall–Kier alpha value is -3.78. The number of aryl methyl sites for hydroxylation is 1. The van der Waals surface area contributed by atoms with Gasteiger partial charge in [0.1, 0.15) is 0 Å². The lowest BCUT2D eigenvalue weighted by atomic mass is 9.79. The monoisotopic (exact) mass is 427 g/mol. The van der Waals surface area contributed by atoms with E-state index in [0.29, 0.717) is 0 Å². The van der Waals surface area contributed by atoms with Crippen molar-refractivity contribution in [1.82, 2.24) is 4.98 Å². The van der Waals surface area contributed by atoms with E-state index in [-0.39, 0.29) is 11.2 Å². The topological polar surface area (TPSA) is 30.0 Å². The van der Waals surface area contributed by atoms with Crippen molar-refractivity contribution in [2.45, 2.75) is 33.1 Å². The van der Waals surface area contributed by atoms with Crippen LogP contribution in [0.25, 0.3) is 43.9 Å². The average Bonchev–Trinajstić information content (AvgIpc) is 3.05. The normalized spacial score (nSPS) is 13.8. The van der Waals surface area contributed by atoms with Crippen molar-refractivity contribution in [1.29, 1.82) is 0 Å². The molecule has 0 atom stereocenters. The number of carbonyl (C=O) groups excluding carboxylic acids is 1. The smallest absolute Gasteiger partial charge is 0.159 e. The summed E-state index contributed by atoms with van der Waals surface area (Å²) in [6.07, 6.45) is 1.92. The molecule has 0 bridgehead atoms. The van der Waals surface area contributed by atoms with Crippen LogP contribution in [0.1, 0.15) is 47.8 Å². The highest BCUT2D eigenvalue weighted by atomic mass is 16.1. The van der Waals surface area contributed by atoms with Gasteiger partial charge in [-0.2, -0.15) is 0 Å². The van der Waals surface area contributed by atoms with Gasteiger partial charge in [0.2, 0.25) is 0 Å². The second-order valence-electron chi connectivity index (χ2n) is 9.71. The van der Waals surface area contributed by atoms with Crippen LogP contribution in [0.4, 0.5) is 0 Å². The molecule has 2 heteroatoms. The molecular weight excluding hydrogens is 402 g/mol. The Kier molecular flexibility index (Phi) is 4.13. The summed E-state index contributed by atoms with van der Waals surface area (Å²) in [6.45, 7) is 8.30. The SMILES string of the molecule is CC(=O)c1ccc2c(c1)C(C)(C)c1c-2ccc2c1ccc1c(-c3cccc(C)c3)nccc12. The van der Waals surface area contributed by atoms with Crippen LogP contribution in [0.2, 0.25) is 0 Å². The summed E-state index contributed by atoms with van der Waals surface area (Å²) < 4.78 is 0. The van der Waals surface area contributed by atoms with Gasteiger partial charge in [-0.25, -0.2) is 0 Å². The minimum atomic E-state index is -0.185. The number of benzene rings is 4. The van der Waals surface area contributed by atoms with Gasteiger partial charge in [0.05, 0.1) is 5.69 Å². The maximum atomic E-state index is 12.1. The molecule has 0 saturated carbocycles. The van der Waals surface area contributed by atoms with Gasteiger partial charge in [-0.15, -0.1) is 0 Å². The van der Waals surface area contributed by atoms with Crippen molar-refractivity contribution in [2.75, 3.05) is 0 Å². The molecule has 0 fully saturated rings. The zero-order valence-corrected chi connectivity index (χ0v) is 19.4. The number of ketones is 1. The van der Waals surface area contributed by atoms with Crippen molar-refractivity contribution in [3.63, 3.8) is 0 Å². The molecule has 6 rings (SSSR count). The average molecular weight is 428 g/mol. The van der Waals surface area contributed by atoms with Crippen LogP contribution in [-0.4, -0.2) is 10.8 Å². The van der Waals surface area contributed by atoms with Gasteiger partial charge in [0.25, 0.3) is 0 Å². The summed E-state index contributed by atoms with van der Waals surface area (Å²) in [6, 6.07) is 25.8. The number of fused-ring (bicyclic) bond motifs is 7. The van der Waals surface area contributed by atoms with E-state index in [1.54, 1.807) is 6.92 Å². The minimum Gasteiger partial charge on any atom is -0.295 e. The standard InChI is InChI=1S/C31H25NO/c1-18-6-5-7-21(16-18)30-27-13-12-25-22(23(27)14-15-32-30)10-11-26-24-9-8-20(19(2)33)17-28(24)31(3,4)29(25)26/h5-17H,1-4H3. The summed E-state index contributed by atoms with van der Waals surface area (Å²) in [5, 5.41) is 4.91. The number of pyridine rings is 1. The third kappa shape index (κ3) is 2.80. The van der Waals surface area contributed by atoms with Crippen molar-refractivity contribution in [3.8, 4) is 22.4 Å². The molecule has 1 aliphatic carbocycles. The second kappa shape index (κ2) is 6.86. The molecule has 0 amide bonds. The lowest BCUT2D eigenvalue weighted by Crippen LogP contribution is -2.16. The molecule has 33 heavy (non-hydrogen) atoms. The van der Waals surface area contributed by atoms with Crippen LogP contribution in [0.5, 0.6) is 0 Å². The first-order valence-electron chi connectivity index (χ1n) is 11.4. The van der Waals surface area contributed by atoms with Crippen molar-refractivity contribution < 1.29 is 4.79 Å². The van der Waals surface area contributed by atoms with Gasteiger partial charge >= 0.3 is 0 Å². The van der Waals surface area contributed by atoms with Crippen LogP contribution >= 0.6 is 0 Å². The van der Waals surface area contributed by atoms with Gasteiger partial charge in [-0.1, -0.05) is 74.0 Å². The maximum Gasteiger partial charge on any atom is 0.159 e. The highest BCUT2D eigenvalue weighted by Gasteiger charge is 2.37. The molecule has 1 aliphatic rings. The molecule has 0 spiro atoms. The highest BCUT2D eigenvalue weighted by molar-refractivity contribution is 6.14. The fourth-order valence-corrected chi connectivity index (χ4v) is 5.64. The summed E-state index contributed by atoms with van der Waals surface area (Å²) in [7, 11) is 0. The van der Waals surface area contributed by atoms with Gasteiger partial charge in [-0.05, 0) is 70.5 Å². The first-order chi connectivity index (χ1) is 15.9. The Morgan fingerprint density at radius 3 is 2.30 bits per heavy atom. The Labute approximate surface area is 193 Å². The van der Waals surface area contributed by atoms with Crippen LogP contribution in [0.15, 0.2) is 79.0 Å². The third-order valence-electron chi connectivity index (χ3n) is 7.25. The Morgan fingerprint density at radius 2 is 1.52 bits per heavy atom. The number of nitrogens with zero attached hydrogens (tertiary/aromatic N) is 1. The molecule has 2 nitrogen and oxygen atoms in total. The van der Waals surface area contributed by atoms with Crippen LogP contribution in [0, 0.1) is 6.92 Å². The molecule has 0 saturated heterocycles. The molecular formula is C31H25NO. The highest BCUT2D eigenvalue weighted by Crippen LogP contribution is 2.52. The molecule has 5 aromatic rings. The van der Waals surface area contributed by atoms with E-state index in [0.717, 1.165) is 16.8 Å². The lowest BCUT2D eigenvalue weighted by Gasteiger charge is -2.24. The predicted octanol–water partition coefficient (Wildman–Crippen LogP) is 7.87. The molecule has 0 N–H and O–H groups in total. The number of hydrogen-bond donors (Lipinski definition) is 0. The molecule has 0 aliphatic heterocycles. The quantitative estimate of drug-likeness (QED) is 0.212. The van der Waals surface area contributed by atoms with Crippen molar-refractivity contribution in [2.24, 2.45) is 0 Å². The van der Waals surface area contributed by atoms with Crippen LogP contribution in [0.3, 0.4) is 0 Å². The fraction of sp³-hybridized carbons (Fsp3) is 0.161. The molecule has 4 aromatic carbocycles. The van der Waals surface area contributed by atoms with E-state index in [2.05, 4.69) is 87.5 Å². The molecule has 0 unspecified atom stereocenters.